The Kier molecular flexibility index (Phi) is 2.23. The van der Waals surface area contributed by atoms with Gasteiger partial charge in [0.05, 0.1) is 7.11 Å². The second kappa shape index (κ2) is 3.44. The maximum atomic E-state index is 11.0. The van der Waals surface area contributed by atoms with Crippen molar-refractivity contribution in [2.45, 2.75) is 6.92 Å². The van der Waals surface area contributed by atoms with E-state index in [-0.39, 0.29) is 17.1 Å². The SMILES string of the molecule is COc1cc2oc(C)c(C(=O)O)c2cc1O. The Morgan fingerprint density at radius 2 is 2.12 bits per heavy atom. The van der Waals surface area contributed by atoms with Gasteiger partial charge in [-0.15, -0.1) is 0 Å². The first-order chi connectivity index (χ1) is 7.54. The number of hydrogen-bond donors (Lipinski definition) is 2. The van der Waals surface area contributed by atoms with Gasteiger partial charge in [0.1, 0.15) is 16.9 Å². The lowest BCUT2D eigenvalue weighted by molar-refractivity contribution is 0.0697. The van der Waals surface area contributed by atoms with Crippen molar-refractivity contribution in [3.05, 3.63) is 23.5 Å². The van der Waals surface area contributed by atoms with Crippen LogP contribution in [0, 0.1) is 6.92 Å². The van der Waals surface area contributed by atoms with E-state index in [1.807, 2.05) is 0 Å². The summed E-state index contributed by atoms with van der Waals surface area (Å²) in [5.41, 5.74) is 0.442. The monoisotopic (exact) mass is 222 g/mol. The van der Waals surface area contributed by atoms with Gasteiger partial charge in [-0.1, -0.05) is 0 Å². The van der Waals surface area contributed by atoms with E-state index in [1.165, 1.54) is 19.2 Å². The van der Waals surface area contributed by atoms with Gasteiger partial charge in [-0.3, -0.25) is 0 Å². The molecule has 0 aliphatic rings. The first-order valence-electron chi connectivity index (χ1n) is 4.58. The molecule has 2 rings (SSSR count). The molecule has 5 nitrogen and oxygen atoms in total. The summed E-state index contributed by atoms with van der Waals surface area (Å²) < 4.78 is 10.2. The van der Waals surface area contributed by atoms with Crippen LogP contribution in [0.2, 0.25) is 0 Å². The molecule has 84 valence electrons. The predicted molar refractivity (Wildman–Crippen MR) is 56.1 cm³/mol. The highest BCUT2D eigenvalue weighted by atomic mass is 16.5. The van der Waals surface area contributed by atoms with Crippen molar-refractivity contribution in [2.24, 2.45) is 0 Å². The van der Waals surface area contributed by atoms with Crippen molar-refractivity contribution in [2.75, 3.05) is 7.11 Å². The summed E-state index contributed by atoms with van der Waals surface area (Å²) in [6.45, 7) is 1.56. The van der Waals surface area contributed by atoms with Crippen LogP contribution in [0.1, 0.15) is 16.1 Å². The van der Waals surface area contributed by atoms with Crippen LogP contribution in [-0.4, -0.2) is 23.3 Å². The number of hydrogen-bond acceptors (Lipinski definition) is 4. The Morgan fingerprint density at radius 1 is 1.44 bits per heavy atom. The molecule has 1 aromatic heterocycles. The Labute approximate surface area is 90.9 Å². The topological polar surface area (TPSA) is 79.9 Å². The van der Waals surface area contributed by atoms with Gasteiger partial charge < -0.3 is 19.4 Å². The van der Waals surface area contributed by atoms with Crippen molar-refractivity contribution in [3.63, 3.8) is 0 Å². The minimum Gasteiger partial charge on any atom is -0.504 e. The van der Waals surface area contributed by atoms with Gasteiger partial charge in [0.2, 0.25) is 0 Å². The molecule has 0 aliphatic heterocycles. The predicted octanol–water partition coefficient (Wildman–Crippen LogP) is 2.15. The molecule has 0 spiro atoms. The number of phenols is 1. The van der Waals surface area contributed by atoms with Gasteiger partial charge in [0.15, 0.2) is 11.5 Å². The van der Waals surface area contributed by atoms with E-state index in [2.05, 4.69) is 0 Å². The van der Waals surface area contributed by atoms with Crippen LogP contribution >= 0.6 is 0 Å². The number of benzene rings is 1. The van der Waals surface area contributed by atoms with Crippen molar-refractivity contribution < 1.29 is 24.2 Å². The number of aryl methyl sites for hydroxylation is 1. The van der Waals surface area contributed by atoms with Crippen molar-refractivity contribution in [1.82, 2.24) is 0 Å². The average Bonchev–Trinajstić information content (AvgIpc) is 2.51. The zero-order chi connectivity index (χ0) is 11.9. The van der Waals surface area contributed by atoms with E-state index < -0.39 is 5.97 Å². The largest absolute Gasteiger partial charge is 0.504 e. The molecule has 2 N–H and O–H groups in total. The summed E-state index contributed by atoms with van der Waals surface area (Å²) in [6, 6.07) is 2.79. The lowest BCUT2D eigenvalue weighted by atomic mass is 10.1. The molecule has 0 aliphatic carbocycles. The Balaban J connectivity index is 2.81. The van der Waals surface area contributed by atoms with Gasteiger partial charge in [-0.05, 0) is 13.0 Å². The fourth-order valence-corrected chi connectivity index (χ4v) is 1.66. The van der Waals surface area contributed by atoms with Crippen LogP contribution in [0.4, 0.5) is 0 Å². The molecule has 0 bridgehead atoms. The number of methoxy groups -OCH3 is 1. The molecule has 0 amide bonds. The highest BCUT2D eigenvalue weighted by molar-refractivity contribution is 6.04. The normalized spacial score (nSPS) is 10.6. The number of aromatic hydroxyl groups is 1. The van der Waals surface area contributed by atoms with Gasteiger partial charge in [0.25, 0.3) is 0 Å². The number of carbonyl (C=O) groups is 1. The van der Waals surface area contributed by atoms with E-state index in [9.17, 15) is 9.90 Å². The highest BCUT2D eigenvalue weighted by Gasteiger charge is 2.19. The summed E-state index contributed by atoms with van der Waals surface area (Å²) in [7, 11) is 1.41. The highest BCUT2D eigenvalue weighted by Crippen LogP contribution is 2.35. The summed E-state index contributed by atoms with van der Waals surface area (Å²) in [6.07, 6.45) is 0. The zero-order valence-corrected chi connectivity index (χ0v) is 8.77. The number of aromatic carboxylic acids is 1. The molecule has 5 heteroatoms. The van der Waals surface area contributed by atoms with Crippen LogP contribution in [0.5, 0.6) is 11.5 Å². The van der Waals surface area contributed by atoms with Crippen LogP contribution in [0.15, 0.2) is 16.5 Å². The molecule has 2 aromatic rings. The summed E-state index contributed by atoms with van der Waals surface area (Å²) in [5, 5.41) is 18.9. The maximum Gasteiger partial charge on any atom is 0.339 e. The number of rotatable bonds is 2. The molecule has 1 aromatic carbocycles. The van der Waals surface area contributed by atoms with Crippen molar-refractivity contribution >= 4 is 16.9 Å². The Bertz CT molecular complexity index is 567. The van der Waals surface area contributed by atoms with Gasteiger partial charge in [-0.2, -0.15) is 0 Å². The van der Waals surface area contributed by atoms with E-state index in [0.29, 0.717) is 16.7 Å². The minimum absolute atomic E-state index is 0.0629. The number of furan rings is 1. The third-order valence-corrected chi connectivity index (χ3v) is 2.38. The summed E-state index contributed by atoms with van der Waals surface area (Å²) in [5.74, 6) is -0.646. The van der Waals surface area contributed by atoms with E-state index >= 15 is 0 Å². The fourth-order valence-electron chi connectivity index (χ4n) is 1.66. The lowest BCUT2D eigenvalue weighted by Crippen LogP contribution is -1.96. The number of carboxylic acid groups (broad SMARTS) is 1. The number of ether oxygens (including phenoxy) is 1. The van der Waals surface area contributed by atoms with Crippen LogP contribution in [0.25, 0.3) is 11.0 Å². The molecule has 0 radical (unpaired) electrons. The van der Waals surface area contributed by atoms with E-state index in [0.717, 1.165) is 0 Å². The minimum atomic E-state index is -1.08. The second-order valence-corrected chi connectivity index (χ2v) is 3.36. The zero-order valence-electron chi connectivity index (χ0n) is 8.77. The Hall–Kier alpha value is -2.17. The van der Waals surface area contributed by atoms with Crippen LogP contribution in [-0.2, 0) is 0 Å². The molecular weight excluding hydrogens is 212 g/mol. The average molecular weight is 222 g/mol. The van der Waals surface area contributed by atoms with E-state index in [4.69, 9.17) is 14.3 Å². The van der Waals surface area contributed by atoms with E-state index in [1.54, 1.807) is 6.92 Å². The first kappa shape index (κ1) is 10.4. The molecule has 1 heterocycles. The standard InChI is InChI=1S/C11H10O5/c1-5-10(11(13)14)6-3-7(12)9(15-2)4-8(6)16-5/h3-4,12H,1-2H3,(H,13,14). The lowest BCUT2D eigenvalue weighted by Gasteiger charge is -2.02. The van der Waals surface area contributed by atoms with Crippen LogP contribution < -0.4 is 4.74 Å². The third-order valence-electron chi connectivity index (χ3n) is 2.38. The Morgan fingerprint density at radius 3 is 2.69 bits per heavy atom. The molecule has 0 unspecified atom stereocenters. The third kappa shape index (κ3) is 1.37. The molecule has 0 fully saturated rings. The quantitative estimate of drug-likeness (QED) is 0.813. The summed E-state index contributed by atoms with van der Waals surface area (Å²) in [4.78, 5) is 11.0. The van der Waals surface area contributed by atoms with Gasteiger partial charge in [-0.25, -0.2) is 4.79 Å². The van der Waals surface area contributed by atoms with Gasteiger partial charge >= 0.3 is 5.97 Å². The smallest absolute Gasteiger partial charge is 0.339 e. The molecule has 0 atom stereocenters. The second-order valence-electron chi connectivity index (χ2n) is 3.36. The molecule has 0 saturated heterocycles. The number of fused-ring (bicyclic) bond motifs is 1. The fraction of sp³-hybridized carbons (Fsp3) is 0.182. The van der Waals surface area contributed by atoms with Crippen LogP contribution in [0.3, 0.4) is 0 Å². The van der Waals surface area contributed by atoms with Gasteiger partial charge in [0, 0.05) is 11.5 Å². The van der Waals surface area contributed by atoms with Crippen molar-refractivity contribution in [3.8, 4) is 11.5 Å². The number of phenolic OH excluding ortho intramolecular Hbond substituents is 1. The molecule has 16 heavy (non-hydrogen) atoms. The molecule has 0 saturated carbocycles. The van der Waals surface area contributed by atoms with Crippen molar-refractivity contribution in [1.29, 1.82) is 0 Å². The first-order valence-corrected chi connectivity index (χ1v) is 4.58. The number of carboxylic acids is 1. The summed E-state index contributed by atoms with van der Waals surface area (Å²) >= 11 is 0. The molecular formula is C11H10O5. The maximum absolute atomic E-state index is 11.0.